The van der Waals surface area contributed by atoms with Gasteiger partial charge in [0.2, 0.25) is 0 Å². The van der Waals surface area contributed by atoms with Crippen LogP contribution in [-0.4, -0.2) is 38.2 Å². The van der Waals surface area contributed by atoms with E-state index >= 15 is 0 Å². The van der Waals surface area contributed by atoms with Gasteiger partial charge in [-0.25, -0.2) is 4.79 Å². The number of amides is 1. The molecule has 0 fully saturated rings. The number of cyclic esters (lactones) is 1. The highest BCUT2D eigenvalue weighted by Crippen LogP contribution is 2.44. The molecule has 7 nitrogen and oxygen atoms in total. The quantitative estimate of drug-likeness (QED) is 0.165. The first-order valence-electron chi connectivity index (χ1n) is 11.8. The average Bonchev–Trinajstić information content (AvgIpc) is 3.26. The topological polar surface area (TPSA) is 82.1 Å². The summed E-state index contributed by atoms with van der Waals surface area (Å²) in [7, 11) is 2.18. The lowest BCUT2D eigenvalue weighted by atomic mass is 9.92. The van der Waals surface area contributed by atoms with Crippen LogP contribution in [0.25, 0.3) is 0 Å². The summed E-state index contributed by atoms with van der Waals surface area (Å²) in [5, 5.41) is 0. The third-order valence-corrected chi connectivity index (χ3v) is 6.32. The van der Waals surface area contributed by atoms with Gasteiger partial charge in [0.15, 0.2) is 0 Å². The number of para-hydroxylation sites is 1. The van der Waals surface area contributed by atoms with Crippen LogP contribution in [0.15, 0.2) is 35.9 Å². The van der Waals surface area contributed by atoms with E-state index in [1.165, 1.54) is 13.2 Å². The number of ether oxygens (including phenoxy) is 3. The van der Waals surface area contributed by atoms with Crippen molar-refractivity contribution in [3.8, 4) is 11.5 Å². The average molecular weight is 573 g/mol. The first-order valence-corrected chi connectivity index (χ1v) is 11.8. The molecule has 0 unspecified atom stereocenters. The fourth-order valence-corrected chi connectivity index (χ4v) is 4.33. The van der Waals surface area contributed by atoms with Gasteiger partial charge in [-0.05, 0) is 44.4 Å². The molecule has 0 saturated carbocycles. The van der Waals surface area contributed by atoms with E-state index in [9.17, 15) is 40.7 Å². The summed E-state index contributed by atoms with van der Waals surface area (Å²) in [6.07, 6.45) is -8.74. The molecule has 2 aromatic carbocycles. The highest BCUT2D eigenvalue weighted by atomic mass is 19.4. The number of allylic oxidation sites excluding steroid dienone is 2. The SMILES string of the molecule is COc1c(C)c2c(c(N(C)C(=O)C(F)(F)F)c1CC=C(C)CCC(=O)Oc1ccccc1C(F)(F)F)C(=O)OC2. The monoisotopic (exact) mass is 573 g/mol. The zero-order valence-electron chi connectivity index (χ0n) is 21.9. The van der Waals surface area contributed by atoms with Crippen molar-refractivity contribution in [2.45, 2.75) is 52.1 Å². The molecule has 0 bridgehead atoms. The van der Waals surface area contributed by atoms with Gasteiger partial charge in [-0.3, -0.25) is 9.59 Å². The number of carbonyl (C=O) groups excluding carboxylic acids is 3. The van der Waals surface area contributed by atoms with E-state index in [-0.39, 0.29) is 48.4 Å². The Morgan fingerprint density at radius 2 is 1.75 bits per heavy atom. The summed E-state index contributed by atoms with van der Waals surface area (Å²) in [6, 6.07) is 4.27. The number of nitrogens with zero attached hydrogens (tertiary/aromatic N) is 1. The molecule has 3 rings (SSSR count). The Hall–Kier alpha value is -4.03. The van der Waals surface area contributed by atoms with Crippen LogP contribution in [0.1, 0.15) is 52.4 Å². The van der Waals surface area contributed by atoms with Crippen molar-refractivity contribution in [3.63, 3.8) is 0 Å². The van der Waals surface area contributed by atoms with Gasteiger partial charge in [-0.1, -0.05) is 23.8 Å². The fourth-order valence-electron chi connectivity index (χ4n) is 4.33. The van der Waals surface area contributed by atoms with E-state index < -0.39 is 41.5 Å². The minimum absolute atomic E-state index is 0.0496. The molecule has 0 spiro atoms. The minimum atomic E-state index is -5.23. The Bertz CT molecular complexity index is 1360. The predicted molar refractivity (Wildman–Crippen MR) is 130 cm³/mol. The number of methoxy groups -OCH3 is 1. The van der Waals surface area contributed by atoms with Crippen LogP contribution in [-0.2, 0) is 33.5 Å². The summed E-state index contributed by atoms with van der Waals surface area (Å²) in [6.45, 7) is 3.00. The molecule has 0 atom stereocenters. The lowest BCUT2D eigenvalue weighted by molar-refractivity contribution is -0.170. The molecule has 1 amide bonds. The van der Waals surface area contributed by atoms with Crippen LogP contribution in [0.4, 0.5) is 32.0 Å². The minimum Gasteiger partial charge on any atom is -0.496 e. The standard InChI is InChI=1S/C27H25F6NO6/c1-14(10-12-20(35)40-19-8-6-5-7-18(19)26(28,29)30)9-11-16-22(34(3)25(37)27(31,32)33)21-17(13-39-24(21)36)15(2)23(16)38-4/h5-9H,10-13H2,1-4H3. The number of halogens is 6. The molecule has 40 heavy (non-hydrogen) atoms. The van der Waals surface area contributed by atoms with Crippen molar-refractivity contribution in [1.29, 1.82) is 0 Å². The Morgan fingerprint density at radius 3 is 2.35 bits per heavy atom. The van der Waals surface area contributed by atoms with Crippen LogP contribution < -0.4 is 14.4 Å². The Kier molecular flexibility index (Phi) is 8.85. The van der Waals surface area contributed by atoms with Crippen molar-refractivity contribution >= 4 is 23.5 Å². The zero-order valence-corrected chi connectivity index (χ0v) is 21.9. The van der Waals surface area contributed by atoms with Crippen LogP contribution >= 0.6 is 0 Å². The number of alkyl halides is 6. The highest BCUT2D eigenvalue weighted by molar-refractivity contribution is 6.08. The number of hydrogen-bond acceptors (Lipinski definition) is 6. The van der Waals surface area contributed by atoms with E-state index in [4.69, 9.17) is 14.2 Å². The molecule has 0 radical (unpaired) electrons. The summed E-state index contributed by atoms with van der Waals surface area (Å²) in [5.74, 6) is -4.49. The number of benzene rings is 2. The van der Waals surface area contributed by atoms with Crippen molar-refractivity contribution in [1.82, 2.24) is 0 Å². The third kappa shape index (κ3) is 6.40. The van der Waals surface area contributed by atoms with E-state index in [1.54, 1.807) is 19.9 Å². The first kappa shape index (κ1) is 30.5. The molecule has 2 aromatic rings. The Balaban J connectivity index is 1.88. The van der Waals surface area contributed by atoms with Gasteiger partial charge in [0.05, 0.1) is 23.9 Å². The number of carbonyl (C=O) groups is 3. The highest BCUT2D eigenvalue weighted by Gasteiger charge is 2.45. The van der Waals surface area contributed by atoms with Gasteiger partial charge in [-0.2, -0.15) is 26.3 Å². The smallest absolute Gasteiger partial charge is 0.471 e. The molecular weight excluding hydrogens is 548 g/mol. The molecule has 1 aliphatic rings. The maximum Gasteiger partial charge on any atom is 0.471 e. The second-order valence-corrected chi connectivity index (χ2v) is 9.00. The van der Waals surface area contributed by atoms with Crippen LogP contribution in [0.2, 0.25) is 0 Å². The summed E-state index contributed by atoms with van der Waals surface area (Å²) >= 11 is 0. The van der Waals surface area contributed by atoms with Crippen LogP contribution in [0, 0.1) is 6.92 Å². The first-order chi connectivity index (χ1) is 18.6. The lowest BCUT2D eigenvalue weighted by Crippen LogP contribution is -2.39. The molecule has 1 aliphatic heterocycles. The van der Waals surface area contributed by atoms with E-state index in [1.807, 2.05) is 0 Å². The molecule has 0 aromatic heterocycles. The number of esters is 2. The number of anilines is 1. The molecule has 0 N–H and O–H groups in total. The normalized spacial score (nSPS) is 13.6. The molecule has 216 valence electrons. The number of fused-ring (bicyclic) bond motifs is 1. The third-order valence-electron chi connectivity index (χ3n) is 6.32. The molecular formula is C27H25F6NO6. The van der Waals surface area contributed by atoms with Crippen LogP contribution in [0.5, 0.6) is 11.5 Å². The maximum atomic E-state index is 13.3. The van der Waals surface area contributed by atoms with Crippen molar-refractivity contribution in [2.75, 3.05) is 19.1 Å². The zero-order chi connectivity index (χ0) is 30.0. The fraction of sp³-hybridized carbons (Fsp3) is 0.370. The van der Waals surface area contributed by atoms with E-state index in [0.29, 0.717) is 21.6 Å². The van der Waals surface area contributed by atoms with Crippen LogP contribution in [0.3, 0.4) is 0 Å². The van der Waals surface area contributed by atoms with Gasteiger partial charge >= 0.3 is 30.2 Å². The number of hydrogen-bond donors (Lipinski definition) is 0. The molecule has 0 saturated heterocycles. The number of rotatable bonds is 8. The molecule has 1 heterocycles. The summed E-state index contributed by atoms with van der Waals surface area (Å²) in [5.41, 5.74) is -0.185. The van der Waals surface area contributed by atoms with E-state index in [0.717, 1.165) is 25.2 Å². The second kappa shape index (κ2) is 11.6. The van der Waals surface area contributed by atoms with E-state index in [2.05, 4.69) is 0 Å². The van der Waals surface area contributed by atoms with Gasteiger partial charge in [-0.15, -0.1) is 0 Å². The molecule has 0 aliphatic carbocycles. The summed E-state index contributed by atoms with van der Waals surface area (Å²) < 4.78 is 94.8. The van der Waals surface area contributed by atoms with Gasteiger partial charge < -0.3 is 19.1 Å². The van der Waals surface area contributed by atoms with Crippen molar-refractivity contribution in [3.05, 3.63) is 63.7 Å². The largest absolute Gasteiger partial charge is 0.496 e. The maximum absolute atomic E-state index is 13.3. The Morgan fingerprint density at radius 1 is 1.10 bits per heavy atom. The molecule has 13 heteroatoms. The Labute approximate surface area is 225 Å². The second-order valence-electron chi connectivity index (χ2n) is 9.00. The lowest BCUT2D eigenvalue weighted by Gasteiger charge is -2.26. The van der Waals surface area contributed by atoms with Gasteiger partial charge in [0, 0.05) is 24.6 Å². The van der Waals surface area contributed by atoms with Crippen molar-refractivity contribution < 1.29 is 54.9 Å². The van der Waals surface area contributed by atoms with Gasteiger partial charge in [0.1, 0.15) is 18.1 Å². The summed E-state index contributed by atoms with van der Waals surface area (Å²) in [4.78, 5) is 37.2. The van der Waals surface area contributed by atoms with Crippen molar-refractivity contribution in [2.24, 2.45) is 0 Å². The van der Waals surface area contributed by atoms with Gasteiger partial charge in [0.25, 0.3) is 0 Å². The predicted octanol–water partition coefficient (Wildman–Crippen LogP) is 6.09.